The van der Waals surface area contributed by atoms with Gasteiger partial charge >= 0.3 is 6.03 Å². The molecule has 0 saturated carbocycles. The predicted molar refractivity (Wildman–Crippen MR) is 104 cm³/mol. The summed E-state index contributed by atoms with van der Waals surface area (Å²) in [6, 6.07) is 5.14. The highest BCUT2D eigenvalue weighted by Crippen LogP contribution is 2.36. The van der Waals surface area contributed by atoms with Gasteiger partial charge in [0.05, 0.1) is 18.1 Å². The number of non-ortho nitro benzene ring substituents is 1. The fourth-order valence-electron chi connectivity index (χ4n) is 2.62. The van der Waals surface area contributed by atoms with Gasteiger partial charge in [-0.2, -0.15) is 0 Å². The second kappa shape index (κ2) is 7.04. The average molecular weight is 394 g/mol. The minimum atomic E-state index is -1.97. The Morgan fingerprint density at radius 2 is 1.78 bits per heavy atom. The Balaban J connectivity index is 2.11. The number of carbonyl (C=O) groups is 2. The average Bonchev–Trinajstić information content (AvgIpc) is 2.78. The van der Waals surface area contributed by atoms with Crippen LogP contribution in [0.4, 0.5) is 10.5 Å². The van der Waals surface area contributed by atoms with Gasteiger partial charge in [-0.05, 0) is 42.8 Å². The number of benzene rings is 1. The molecule has 1 aromatic carbocycles. The highest BCUT2D eigenvalue weighted by atomic mass is 28.4. The zero-order chi connectivity index (χ0) is 20.6. The molecule has 0 aromatic heterocycles. The van der Waals surface area contributed by atoms with Gasteiger partial charge in [0.1, 0.15) is 5.54 Å². The van der Waals surface area contributed by atoms with E-state index in [0.717, 1.165) is 4.90 Å². The molecule has 3 amide bonds. The summed E-state index contributed by atoms with van der Waals surface area (Å²) in [5.41, 5.74) is -0.818. The topological polar surface area (TPSA) is 102 Å². The third-order valence-corrected chi connectivity index (χ3v) is 10.1. The Morgan fingerprint density at radius 1 is 1.22 bits per heavy atom. The maximum absolute atomic E-state index is 12.9. The molecule has 0 spiro atoms. The number of nitrogens with zero attached hydrogens (tertiary/aromatic N) is 2. The molecule has 8 nitrogen and oxygen atoms in total. The molecule has 1 aromatic rings. The van der Waals surface area contributed by atoms with Gasteiger partial charge < -0.3 is 9.74 Å². The molecule has 2 rings (SSSR count). The molecule has 1 N–H and O–H groups in total. The van der Waals surface area contributed by atoms with Gasteiger partial charge in [-0.3, -0.25) is 19.8 Å². The van der Waals surface area contributed by atoms with Gasteiger partial charge in [0.2, 0.25) is 0 Å². The van der Waals surface area contributed by atoms with Crippen LogP contribution in [0.1, 0.15) is 33.3 Å². The zero-order valence-electron chi connectivity index (χ0n) is 16.7. The van der Waals surface area contributed by atoms with Crippen molar-refractivity contribution in [3.8, 4) is 0 Å². The molecule has 27 heavy (non-hydrogen) atoms. The standard InChI is InChI=1S/C18H27N3O5Si/c1-17(2,3)27(5,6)26-12-11-20-15(22)18(4,19-16(20)23)13-7-9-14(10-8-13)21(24)25/h7-10H,11-12H2,1-6H3,(H,19,23). The SMILES string of the molecule is CC1(c2ccc([N+](=O)[O-])cc2)NC(=O)N(CCO[Si](C)(C)C(C)(C)C)C1=O. The van der Waals surface area contributed by atoms with Crippen molar-refractivity contribution in [2.45, 2.75) is 51.4 Å². The summed E-state index contributed by atoms with van der Waals surface area (Å²) < 4.78 is 6.06. The third kappa shape index (κ3) is 4.03. The van der Waals surface area contributed by atoms with Crippen molar-refractivity contribution in [3.63, 3.8) is 0 Å². The van der Waals surface area contributed by atoms with Gasteiger partial charge in [-0.15, -0.1) is 0 Å². The first-order chi connectivity index (χ1) is 12.3. The molecule has 1 fully saturated rings. The minimum Gasteiger partial charge on any atom is -0.415 e. The number of nitro benzene ring substituents is 1. The van der Waals surface area contributed by atoms with Crippen LogP contribution in [0.3, 0.4) is 0 Å². The Labute approximate surface area is 160 Å². The molecular weight excluding hydrogens is 366 g/mol. The monoisotopic (exact) mass is 393 g/mol. The highest BCUT2D eigenvalue weighted by Gasteiger charge is 2.49. The summed E-state index contributed by atoms with van der Waals surface area (Å²) in [5.74, 6) is -0.389. The van der Waals surface area contributed by atoms with E-state index >= 15 is 0 Å². The molecule has 0 aliphatic carbocycles. The molecule has 1 heterocycles. The van der Waals surface area contributed by atoms with E-state index in [9.17, 15) is 19.7 Å². The van der Waals surface area contributed by atoms with Crippen LogP contribution in [0.2, 0.25) is 18.1 Å². The molecule has 1 aliphatic rings. The number of imide groups is 1. The van der Waals surface area contributed by atoms with Crippen LogP contribution in [0, 0.1) is 10.1 Å². The summed E-state index contributed by atoms with van der Waals surface area (Å²) in [4.78, 5) is 36.7. The van der Waals surface area contributed by atoms with E-state index in [0.29, 0.717) is 5.56 Å². The number of amides is 3. The zero-order valence-corrected chi connectivity index (χ0v) is 17.7. The number of urea groups is 1. The van der Waals surface area contributed by atoms with E-state index in [-0.39, 0.29) is 29.8 Å². The first-order valence-electron chi connectivity index (χ1n) is 8.82. The first kappa shape index (κ1) is 21.0. The number of hydrogen-bond acceptors (Lipinski definition) is 5. The van der Waals surface area contributed by atoms with E-state index in [4.69, 9.17) is 4.43 Å². The molecule has 1 aliphatic heterocycles. The molecule has 1 atom stereocenters. The second-order valence-corrected chi connectivity index (χ2v) is 13.2. The summed E-state index contributed by atoms with van der Waals surface area (Å²) >= 11 is 0. The van der Waals surface area contributed by atoms with Crippen molar-refractivity contribution in [1.29, 1.82) is 0 Å². The minimum absolute atomic E-state index is 0.0392. The quantitative estimate of drug-likeness (QED) is 0.345. The molecular formula is C18H27N3O5Si. The number of nitro groups is 1. The lowest BCUT2D eigenvalue weighted by Crippen LogP contribution is -2.44. The van der Waals surface area contributed by atoms with E-state index in [2.05, 4.69) is 39.2 Å². The van der Waals surface area contributed by atoms with Gasteiger partial charge in [-0.25, -0.2) is 4.79 Å². The van der Waals surface area contributed by atoms with E-state index in [1.807, 2.05) is 0 Å². The highest BCUT2D eigenvalue weighted by molar-refractivity contribution is 6.74. The van der Waals surface area contributed by atoms with Crippen molar-refractivity contribution in [3.05, 3.63) is 39.9 Å². The molecule has 0 bridgehead atoms. The van der Waals surface area contributed by atoms with Gasteiger partial charge in [0.25, 0.3) is 11.6 Å². The van der Waals surface area contributed by atoms with Gasteiger partial charge in [0.15, 0.2) is 8.32 Å². The van der Waals surface area contributed by atoms with Gasteiger partial charge in [-0.1, -0.05) is 20.8 Å². The molecule has 1 unspecified atom stereocenters. The molecule has 0 radical (unpaired) electrons. The van der Waals surface area contributed by atoms with Crippen LogP contribution in [0.5, 0.6) is 0 Å². The maximum atomic E-state index is 12.9. The summed E-state index contributed by atoms with van der Waals surface area (Å²) in [6.07, 6.45) is 0. The number of rotatable bonds is 6. The van der Waals surface area contributed by atoms with Crippen LogP contribution in [0.15, 0.2) is 24.3 Å². The lowest BCUT2D eigenvalue weighted by atomic mass is 9.92. The van der Waals surface area contributed by atoms with Crippen molar-refractivity contribution < 1.29 is 18.9 Å². The summed E-state index contributed by atoms with van der Waals surface area (Å²) in [5, 5.41) is 13.5. The van der Waals surface area contributed by atoms with Crippen molar-refractivity contribution in [2.24, 2.45) is 0 Å². The fourth-order valence-corrected chi connectivity index (χ4v) is 3.66. The number of carbonyl (C=O) groups excluding carboxylic acids is 2. The molecule has 148 valence electrons. The van der Waals surface area contributed by atoms with Crippen molar-refractivity contribution >= 4 is 25.9 Å². The Kier molecular flexibility index (Phi) is 5.49. The first-order valence-corrected chi connectivity index (χ1v) is 11.7. The third-order valence-electron chi connectivity index (χ3n) is 5.51. The van der Waals surface area contributed by atoms with Crippen LogP contribution in [0.25, 0.3) is 0 Å². The number of nitrogens with one attached hydrogen (secondary N) is 1. The summed E-state index contributed by atoms with van der Waals surface area (Å²) in [7, 11) is -1.97. The van der Waals surface area contributed by atoms with Crippen LogP contribution < -0.4 is 5.32 Å². The van der Waals surface area contributed by atoms with E-state index in [1.54, 1.807) is 6.92 Å². The Bertz CT molecular complexity index is 757. The van der Waals surface area contributed by atoms with Gasteiger partial charge in [0, 0.05) is 12.1 Å². The second-order valence-electron chi connectivity index (χ2n) is 8.42. The van der Waals surface area contributed by atoms with Crippen molar-refractivity contribution in [2.75, 3.05) is 13.2 Å². The molecule has 9 heteroatoms. The van der Waals surface area contributed by atoms with Crippen LogP contribution in [-0.4, -0.2) is 43.2 Å². The largest absolute Gasteiger partial charge is 0.415 e. The number of hydrogen-bond donors (Lipinski definition) is 1. The predicted octanol–water partition coefficient (Wildman–Crippen LogP) is 3.38. The lowest BCUT2D eigenvalue weighted by Gasteiger charge is -2.36. The lowest BCUT2D eigenvalue weighted by molar-refractivity contribution is -0.384. The van der Waals surface area contributed by atoms with Crippen LogP contribution >= 0.6 is 0 Å². The van der Waals surface area contributed by atoms with Crippen molar-refractivity contribution in [1.82, 2.24) is 10.2 Å². The summed E-state index contributed by atoms with van der Waals surface area (Å²) in [6.45, 7) is 12.6. The smallest absolute Gasteiger partial charge is 0.325 e. The molecule has 1 saturated heterocycles. The normalized spacial score (nSPS) is 20.7. The maximum Gasteiger partial charge on any atom is 0.325 e. The fraction of sp³-hybridized carbons (Fsp3) is 0.556. The van der Waals surface area contributed by atoms with E-state index < -0.39 is 24.8 Å². The Morgan fingerprint density at radius 3 is 2.26 bits per heavy atom. The van der Waals surface area contributed by atoms with Crippen LogP contribution in [-0.2, 0) is 14.8 Å². The Hall–Kier alpha value is -2.26. The van der Waals surface area contributed by atoms with E-state index in [1.165, 1.54) is 24.3 Å².